The Morgan fingerprint density at radius 1 is 1.11 bits per heavy atom. The Morgan fingerprint density at radius 2 is 1.89 bits per heavy atom. The molecule has 1 atom stereocenters. The van der Waals surface area contributed by atoms with Crippen LogP contribution in [0.4, 0.5) is 0 Å². The molecule has 3 aromatic rings. The van der Waals surface area contributed by atoms with E-state index in [4.69, 9.17) is 4.42 Å². The van der Waals surface area contributed by atoms with Gasteiger partial charge in [0.1, 0.15) is 4.21 Å². The molecular weight excluding hydrogens is 396 g/mol. The third-order valence-corrected chi connectivity index (χ3v) is 8.24. The summed E-state index contributed by atoms with van der Waals surface area (Å²) in [4.78, 5) is 2.17. The number of aryl methyl sites for hydroxylation is 1. The van der Waals surface area contributed by atoms with Crippen molar-refractivity contribution in [2.24, 2.45) is 0 Å². The summed E-state index contributed by atoms with van der Waals surface area (Å²) in [6.45, 7) is 6.17. The van der Waals surface area contributed by atoms with E-state index in [9.17, 15) is 8.42 Å². The van der Waals surface area contributed by atoms with Crippen LogP contribution in [-0.2, 0) is 10.0 Å². The molecule has 2 aromatic heterocycles. The predicted molar refractivity (Wildman–Crippen MR) is 108 cm³/mol. The van der Waals surface area contributed by atoms with Crippen molar-refractivity contribution in [3.05, 3.63) is 53.2 Å². The third-order valence-electron chi connectivity index (χ3n) is 4.97. The molecule has 0 unspecified atom stereocenters. The fraction of sp³-hybridized carbons (Fsp3) is 0.368. The highest BCUT2D eigenvalue weighted by Gasteiger charge is 2.32. The highest BCUT2D eigenvalue weighted by atomic mass is 32.2. The molecule has 1 aliphatic rings. The van der Waals surface area contributed by atoms with Crippen LogP contribution < -0.4 is 0 Å². The quantitative estimate of drug-likeness (QED) is 0.633. The number of nitrogens with zero attached hydrogens (tertiary/aromatic N) is 4. The average Bonchev–Trinajstić information content (AvgIpc) is 3.40. The Bertz CT molecular complexity index is 1040. The van der Waals surface area contributed by atoms with Crippen molar-refractivity contribution in [2.75, 3.05) is 26.2 Å². The molecule has 7 nitrogen and oxygen atoms in total. The van der Waals surface area contributed by atoms with Crippen LogP contribution in [0.2, 0.25) is 0 Å². The van der Waals surface area contributed by atoms with Gasteiger partial charge in [-0.05, 0) is 37.4 Å². The first-order valence-corrected chi connectivity index (χ1v) is 11.5. The van der Waals surface area contributed by atoms with Crippen LogP contribution in [0, 0.1) is 6.92 Å². The van der Waals surface area contributed by atoms with Crippen LogP contribution in [0.15, 0.2) is 50.4 Å². The van der Waals surface area contributed by atoms with Crippen molar-refractivity contribution < 1.29 is 12.8 Å². The topological polar surface area (TPSA) is 79.5 Å². The summed E-state index contributed by atoms with van der Waals surface area (Å²) < 4.78 is 33.2. The van der Waals surface area contributed by atoms with Gasteiger partial charge in [-0.15, -0.1) is 21.5 Å². The number of benzene rings is 1. The van der Waals surface area contributed by atoms with Gasteiger partial charge in [0, 0.05) is 31.7 Å². The van der Waals surface area contributed by atoms with Crippen LogP contribution >= 0.6 is 11.3 Å². The standard InChI is InChI=1S/C19H22N4O3S2/c1-14-5-3-6-16(13-14)19-21-20-18(26-19)15(2)22-8-10-23(11-9-22)28(24,25)17-7-4-12-27-17/h3-7,12-13,15H,8-11H2,1-2H3/t15-/m1/s1. The lowest BCUT2D eigenvalue weighted by atomic mass is 10.1. The fourth-order valence-corrected chi connectivity index (χ4v) is 5.89. The zero-order valence-corrected chi connectivity index (χ0v) is 17.4. The molecule has 28 heavy (non-hydrogen) atoms. The zero-order chi connectivity index (χ0) is 19.7. The van der Waals surface area contributed by atoms with Crippen molar-refractivity contribution in [3.63, 3.8) is 0 Å². The summed E-state index contributed by atoms with van der Waals surface area (Å²) in [6, 6.07) is 11.3. The zero-order valence-electron chi connectivity index (χ0n) is 15.8. The molecule has 1 aromatic carbocycles. The van der Waals surface area contributed by atoms with Crippen LogP contribution in [-0.4, -0.2) is 54.0 Å². The first kappa shape index (κ1) is 19.3. The first-order valence-electron chi connectivity index (χ1n) is 9.13. The van der Waals surface area contributed by atoms with Gasteiger partial charge in [-0.1, -0.05) is 23.8 Å². The van der Waals surface area contributed by atoms with E-state index in [1.54, 1.807) is 21.8 Å². The SMILES string of the molecule is Cc1cccc(-c2nnc([C@@H](C)N3CCN(S(=O)(=O)c4cccs4)CC3)o2)c1. The number of thiophene rings is 1. The molecule has 1 aliphatic heterocycles. The number of sulfonamides is 1. The number of rotatable bonds is 5. The van der Waals surface area contributed by atoms with E-state index in [1.165, 1.54) is 11.3 Å². The van der Waals surface area contributed by atoms with Gasteiger partial charge >= 0.3 is 0 Å². The second-order valence-corrected chi connectivity index (χ2v) is 9.98. The van der Waals surface area contributed by atoms with Crippen molar-refractivity contribution in [3.8, 4) is 11.5 Å². The summed E-state index contributed by atoms with van der Waals surface area (Å²) in [5.41, 5.74) is 2.03. The molecule has 9 heteroatoms. The first-order chi connectivity index (χ1) is 13.4. The van der Waals surface area contributed by atoms with E-state index in [0.717, 1.165) is 11.1 Å². The number of aromatic nitrogens is 2. The maximum atomic E-state index is 12.7. The Balaban J connectivity index is 1.43. The summed E-state index contributed by atoms with van der Waals surface area (Å²) in [5.74, 6) is 1.05. The lowest BCUT2D eigenvalue weighted by molar-refractivity contribution is 0.129. The van der Waals surface area contributed by atoms with Gasteiger partial charge < -0.3 is 4.42 Å². The summed E-state index contributed by atoms with van der Waals surface area (Å²) >= 11 is 1.25. The molecule has 0 N–H and O–H groups in total. The molecule has 4 rings (SSSR count). The van der Waals surface area contributed by atoms with Crippen molar-refractivity contribution in [1.29, 1.82) is 0 Å². The average molecular weight is 419 g/mol. The normalized spacial score (nSPS) is 17.6. The second kappa shape index (κ2) is 7.75. The predicted octanol–water partition coefficient (Wildman–Crippen LogP) is 3.17. The van der Waals surface area contributed by atoms with Crippen molar-refractivity contribution in [1.82, 2.24) is 19.4 Å². The molecule has 0 amide bonds. The summed E-state index contributed by atoms with van der Waals surface area (Å²) in [7, 11) is -3.39. The maximum absolute atomic E-state index is 12.7. The molecular formula is C19H22N4O3S2. The molecule has 0 spiro atoms. The molecule has 0 radical (unpaired) electrons. The van der Waals surface area contributed by atoms with Crippen LogP contribution in [0.5, 0.6) is 0 Å². The smallest absolute Gasteiger partial charge is 0.252 e. The van der Waals surface area contributed by atoms with Crippen molar-refractivity contribution >= 4 is 21.4 Å². The Labute approximate surface area is 168 Å². The Hall–Kier alpha value is -2.07. The van der Waals surface area contributed by atoms with E-state index in [-0.39, 0.29) is 6.04 Å². The van der Waals surface area contributed by atoms with E-state index in [0.29, 0.717) is 42.2 Å². The highest BCUT2D eigenvalue weighted by Crippen LogP contribution is 2.27. The summed E-state index contributed by atoms with van der Waals surface area (Å²) in [5, 5.41) is 10.2. The minimum Gasteiger partial charge on any atom is -0.419 e. The van der Waals surface area contributed by atoms with Gasteiger partial charge in [0.25, 0.3) is 10.0 Å². The minimum absolute atomic E-state index is 0.0716. The second-order valence-electron chi connectivity index (χ2n) is 6.86. The fourth-order valence-electron chi connectivity index (χ4n) is 3.32. The van der Waals surface area contributed by atoms with Gasteiger partial charge in [-0.2, -0.15) is 4.31 Å². The van der Waals surface area contributed by atoms with E-state index >= 15 is 0 Å². The largest absolute Gasteiger partial charge is 0.419 e. The minimum atomic E-state index is -3.39. The third kappa shape index (κ3) is 3.75. The lowest BCUT2D eigenvalue weighted by Gasteiger charge is -2.35. The molecule has 0 bridgehead atoms. The van der Waals surface area contributed by atoms with Gasteiger partial charge in [0.05, 0.1) is 6.04 Å². The van der Waals surface area contributed by atoms with Gasteiger partial charge in [-0.25, -0.2) is 8.42 Å². The molecule has 1 saturated heterocycles. The number of piperazine rings is 1. The molecule has 3 heterocycles. The van der Waals surface area contributed by atoms with Crippen molar-refractivity contribution in [2.45, 2.75) is 24.1 Å². The number of hydrogen-bond acceptors (Lipinski definition) is 7. The molecule has 0 aliphatic carbocycles. The number of hydrogen-bond donors (Lipinski definition) is 0. The van der Waals surface area contributed by atoms with Crippen LogP contribution in [0.3, 0.4) is 0 Å². The Kier molecular flexibility index (Phi) is 5.33. The highest BCUT2D eigenvalue weighted by molar-refractivity contribution is 7.91. The van der Waals surface area contributed by atoms with Gasteiger partial charge in [-0.3, -0.25) is 4.90 Å². The monoisotopic (exact) mass is 418 g/mol. The van der Waals surface area contributed by atoms with Gasteiger partial charge in [0.15, 0.2) is 0 Å². The van der Waals surface area contributed by atoms with Crippen LogP contribution in [0.25, 0.3) is 11.5 Å². The van der Waals surface area contributed by atoms with E-state index < -0.39 is 10.0 Å². The Morgan fingerprint density at radius 3 is 2.57 bits per heavy atom. The van der Waals surface area contributed by atoms with E-state index in [2.05, 4.69) is 15.1 Å². The van der Waals surface area contributed by atoms with Crippen LogP contribution in [0.1, 0.15) is 24.4 Å². The van der Waals surface area contributed by atoms with E-state index in [1.807, 2.05) is 38.1 Å². The lowest BCUT2D eigenvalue weighted by Crippen LogP contribution is -2.49. The molecule has 148 valence electrons. The maximum Gasteiger partial charge on any atom is 0.252 e. The summed E-state index contributed by atoms with van der Waals surface area (Å²) in [6.07, 6.45) is 0. The molecule has 0 saturated carbocycles. The van der Waals surface area contributed by atoms with Gasteiger partial charge in [0.2, 0.25) is 11.8 Å². The molecule has 1 fully saturated rings.